The van der Waals surface area contributed by atoms with Gasteiger partial charge in [0.15, 0.2) is 0 Å². The number of amides is 1. The minimum Gasteiger partial charge on any atom is -0.396 e. The van der Waals surface area contributed by atoms with Crippen LogP contribution >= 0.6 is 0 Å². The number of aliphatic hydroxyl groups is 1. The fraction of sp³-hybridized carbons (Fsp3) is 0.417. The largest absolute Gasteiger partial charge is 0.396 e. The van der Waals surface area contributed by atoms with Crippen LogP contribution in [0, 0.1) is 11.7 Å². The molecule has 0 bridgehead atoms. The zero-order chi connectivity index (χ0) is 12.4. The van der Waals surface area contributed by atoms with Gasteiger partial charge in [-0.3, -0.25) is 4.79 Å². The Balaban J connectivity index is 2.18. The van der Waals surface area contributed by atoms with E-state index in [1.807, 2.05) is 6.92 Å². The van der Waals surface area contributed by atoms with E-state index in [4.69, 9.17) is 5.11 Å². The number of hydrogen-bond acceptors (Lipinski definition) is 3. The van der Waals surface area contributed by atoms with E-state index < -0.39 is 0 Å². The van der Waals surface area contributed by atoms with Gasteiger partial charge in [0.1, 0.15) is 5.82 Å². The van der Waals surface area contributed by atoms with Crippen molar-refractivity contribution in [3.63, 3.8) is 0 Å². The van der Waals surface area contributed by atoms with Crippen molar-refractivity contribution in [2.75, 3.05) is 11.6 Å². The van der Waals surface area contributed by atoms with Crippen molar-refractivity contribution in [3.05, 3.63) is 30.1 Å². The standard InChI is InChI=1S/C12H15FN2O2/c1-8-11(6-7-16)12(17)15(14-8)10-4-2-9(13)3-5-10/h2-5,8,11,14,16H,6-7H2,1H3. The van der Waals surface area contributed by atoms with Gasteiger partial charge in [-0.2, -0.15) is 0 Å². The van der Waals surface area contributed by atoms with Crippen molar-refractivity contribution in [3.8, 4) is 0 Å². The molecule has 2 rings (SSSR count). The Morgan fingerprint density at radius 3 is 2.65 bits per heavy atom. The smallest absolute Gasteiger partial charge is 0.246 e. The zero-order valence-electron chi connectivity index (χ0n) is 9.56. The molecule has 4 nitrogen and oxygen atoms in total. The molecule has 1 aromatic rings. The Bertz CT molecular complexity index is 407. The first-order chi connectivity index (χ1) is 8.13. The normalized spacial score (nSPS) is 24.4. The number of carbonyl (C=O) groups is 1. The molecule has 0 radical (unpaired) electrons. The fourth-order valence-electron chi connectivity index (χ4n) is 2.04. The lowest BCUT2D eigenvalue weighted by molar-refractivity contribution is -0.121. The van der Waals surface area contributed by atoms with Crippen LogP contribution in [-0.2, 0) is 4.79 Å². The van der Waals surface area contributed by atoms with Crippen molar-refractivity contribution in [2.45, 2.75) is 19.4 Å². The van der Waals surface area contributed by atoms with Crippen LogP contribution in [0.4, 0.5) is 10.1 Å². The molecule has 1 aliphatic heterocycles. The summed E-state index contributed by atoms with van der Waals surface area (Å²) in [6.45, 7) is 1.88. The molecule has 17 heavy (non-hydrogen) atoms. The van der Waals surface area contributed by atoms with E-state index in [2.05, 4.69) is 5.43 Å². The predicted molar refractivity (Wildman–Crippen MR) is 61.7 cm³/mol. The first-order valence-electron chi connectivity index (χ1n) is 5.60. The lowest BCUT2D eigenvalue weighted by atomic mass is 9.99. The predicted octanol–water partition coefficient (Wildman–Crippen LogP) is 1.06. The summed E-state index contributed by atoms with van der Waals surface area (Å²) in [5.41, 5.74) is 3.64. The minimum atomic E-state index is -0.333. The van der Waals surface area contributed by atoms with E-state index in [0.717, 1.165) is 0 Å². The number of hydrogen-bond donors (Lipinski definition) is 2. The Morgan fingerprint density at radius 1 is 1.41 bits per heavy atom. The molecular weight excluding hydrogens is 223 g/mol. The van der Waals surface area contributed by atoms with Crippen LogP contribution in [0.3, 0.4) is 0 Å². The number of benzene rings is 1. The number of nitrogens with zero attached hydrogens (tertiary/aromatic N) is 1. The fourth-order valence-corrected chi connectivity index (χ4v) is 2.04. The molecule has 1 heterocycles. The third-order valence-electron chi connectivity index (χ3n) is 3.00. The second-order valence-electron chi connectivity index (χ2n) is 4.19. The Hall–Kier alpha value is -1.46. The molecule has 92 valence electrons. The number of anilines is 1. The summed E-state index contributed by atoms with van der Waals surface area (Å²) in [4.78, 5) is 12.0. The molecule has 1 saturated heterocycles. The minimum absolute atomic E-state index is 0.0142. The average Bonchev–Trinajstić information content (AvgIpc) is 2.59. The molecular formula is C12H15FN2O2. The third-order valence-corrected chi connectivity index (χ3v) is 3.00. The summed E-state index contributed by atoms with van der Waals surface area (Å²) in [6.07, 6.45) is 0.435. The van der Waals surface area contributed by atoms with Crippen LogP contribution in [0.5, 0.6) is 0 Å². The van der Waals surface area contributed by atoms with Crippen molar-refractivity contribution in [1.82, 2.24) is 5.43 Å². The van der Waals surface area contributed by atoms with Crippen LogP contribution in [0.2, 0.25) is 0 Å². The molecule has 2 unspecified atom stereocenters. The van der Waals surface area contributed by atoms with Gasteiger partial charge in [-0.15, -0.1) is 0 Å². The SMILES string of the molecule is CC1NN(c2ccc(F)cc2)C(=O)C1CCO. The lowest BCUT2D eigenvalue weighted by Gasteiger charge is -2.16. The Kier molecular flexibility index (Phi) is 3.40. The molecule has 0 saturated carbocycles. The van der Waals surface area contributed by atoms with Crippen molar-refractivity contribution < 1.29 is 14.3 Å². The van der Waals surface area contributed by atoms with E-state index in [1.54, 1.807) is 12.1 Å². The van der Waals surface area contributed by atoms with Crippen LogP contribution < -0.4 is 10.4 Å². The number of nitrogens with one attached hydrogen (secondary N) is 1. The maximum atomic E-state index is 12.8. The van der Waals surface area contributed by atoms with Gasteiger partial charge in [-0.05, 0) is 37.6 Å². The molecule has 0 aliphatic carbocycles. The molecule has 1 amide bonds. The molecule has 2 N–H and O–H groups in total. The van der Waals surface area contributed by atoms with E-state index in [9.17, 15) is 9.18 Å². The molecule has 1 aromatic carbocycles. The molecule has 5 heteroatoms. The summed E-state index contributed by atoms with van der Waals surface area (Å²) in [7, 11) is 0. The highest BCUT2D eigenvalue weighted by molar-refractivity contribution is 5.96. The summed E-state index contributed by atoms with van der Waals surface area (Å²) in [5.74, 6) is -0.649. The number of carbonyl (C=O) groups excluding carboxylic acids is 1. The molecule has 1 fully saturated rings. The van der Waals surface area contributed by atoms with Crippen molar-refractivity contribution in [2.24, 2.45) is 5.92 Å². The first kappa shape index (κ1) is 12.0. The monoisotopic (exact) mass is 238 g/mol. The summed E-state index contributed by atoms with van der Waals surface area (Å²) < 4.78 is 12.8. The second kappa shape index (κ2) is 4.81. The van der Waals surface area contributed by atoms with Crippen LogP contribution in [0.15, 0.2) is 24.3 Å². The van der Waals surface area contributed by atoms with Gasteiger partial charge in [0.25, 0.3) is 0 Å². The van der Waals surface area contributed by atoms with Gasteiger partial charge in [0.2, 0.25) is 5.91 Å². The highest BCUT2D eigenvalue weighted by Gasteiger charge is 2.37. The van der Waals surface area contributed by atoms with E-state index in [-0.39, 0.29) is 30.3 Å². The van der Waals surface area contributed by atoms with Crippen LogP contribution in [0.1, 0.15) is 13.3 Å². The van der Waals surface area contributed by atoms with E-state index in [0.29, 0.717) is 12.1 Å². The zero-order valence-corrected chi connectivity index (χ0v) is 9.56. The average molecular weight is 238 g/mol. The maximum absolute atomic E-state index is 12.8. The highest BCUT2D eigenvalue weighted by atomic mass is 19.1. The Morgan fingerprint density at radius 2 is 2.06 bits per heavy atom. The van der Waals surface area contributed by atoms with E-state index in [1.165, 1.54) is 17.1 Å². The van der Waals surface area contributed by atoms with Crippen LogP contribution in [0.25, 0.3) is 0 Å². The van der Waals surface area contributed by atoms with Crippen molar-refractivity contribution >= 4 is 11.6 Å². The van der Waals surface area contributed by atoms with Gasteiger partial charge in [-0.25, -0.2) is 14.8 Å². The lowest BCUT2D eigenvalue weighted by Crippen LogP contribution is -2.36. The topological polar surface area (TPSA) is 52.6 Å². The van der Waals surface area contributed by atoms with Gasteiger partial charge in [0.05, 0.1) is 11.6 Å². The van der Waals surface area contributed by atoms with Gasteiger partial charge < -0.3 is 5.11 Å². The number of aliphatic hydroxyl groups excluding tert-OH is 1. The van der Waals surface area contributed by atoms with Crippen molar-refractivity contribution in [1.29, 1.82) is 0 Å². The molecule has 0 spiro atoms. The van der Waals surface area contributed by atoms with Gasteiger partial charge >= 0.3 is 0 Å². The summed E-state index contributed by atoms with van der Waals surface area (Å²) in [5, 5.41) is 10.3. The quantitative estimate of drug-likeness (QED) is 0.828. The third kappa shape index (κ3) is 2.30. The van der Waals surface area contributed by atoms with E-state index >= 15 is 0 Å². The summed E-state index contributed by atoms with van der Waals surface area (Å²) >= 11 is 0. The molecule has 0 aromatic heterocycles. The van der Waals surface area contributed by atoms with Crippen LogP contribution in [-0.4, -0.2) is 23.7 Å². The Labute approximate surface area is 99.0 Å². The van der Waals surface area contributed by atoms with Gasteiger partial charge in [0, 0.05) is 12.6 Å². The second-order valence-corrected chi connectivity index (χ2v) is 4.19. The number of hydrazine groups is 1. The number of rotatable bonds is 3. The first-order valence-corrected chi connectivity index (χ1v) is 5.60. The maximum Gasteiger partial charge on any atom is 0.246 e. The molecule has 1 aliphatic rings. The van der Waals surface area contributed by atoms with Gasteiger partial charge in [-0.1, -0.05) is 0 Å². The summed E-state index contributed by atoms with van der Waals surface area (Å²) in [6, 6.07) is 5.70. The highest BCUT2D eigenvalue weighted by Crippen LogP contribution is 2.24. The molecule has 2 atom stereocenters. The number of halogens is 1.